The lowest BCUT2D eigenvalue weighted by molar-refractivity contribution is -0.156. The zero-order valence-electron chi connectivity index (χ0n) is 7.32. The van der Waals surface area contributed by atoms with Crippen molar-refractivity contribution in [2.75, 3.05) is 13.1 Å². The molecular formula is C8H11NO4. The zero-order valence-corrected chi connectivity index (χ0v) is 7.32. The van der Waals surface area contributed by atoms with Crippen molar-refractivity contribution in [3.63, 3.8) is 0 Å². The second-order valence-corrected chi connectivity index (χ2v) is 3.28. The summed E-state index contributed by atoms with van der Waals surface area (Å²) >= 11 is 0. The van der Waals surface area contributed by atoms with E-state index in [9.17, 15) is 14.4 Å². The van der Waals surface area contributed by atoms with Crippen molar-refractivity contribution >= 4 is 17.7 Å². The Morgan fingerprint density at radius 2 is 2.00 bits per heavy atom. The van der Waals surface area contributed by atoms with Gasteiger partial charge in [0.1, 0.15) is 0 Å². The van der Waals surface area contributed by atoms with Crippen LogP contribution in [0.15, 0.2) is 0 Å². The van der Waals surface area contributed by atoms with Crippen LogP contribution in [0.25, 0.3) is 0 Å². The van der Waals surface area contributed by atoms with Crippen LogP contribution in [0.4, 0.5) is 0 Å². The van der Waals surface area contributed by atoms with Gasteiger partial charge in [-0.1, -0.05) is 6.92 Å². The average Bonchev–Trinajstić information content (AvgIpc) is 2.49. The first-order valence-corrected chi connectivity index (χ1v) is 4.09. The zero-order chi connectivity index (χ0) is 10.0. The maximum atomic E-state index is 11.1. The SMILES string of the molecule is CC1CCN(C(=O)C(=O)C(=O)O)C1. The van der Waals surface area contributed by atoms with Gasteiger partial charge in [0.15, 0.2) is 0 Å². The minimum Gasteiger partial charge on any atom is -0.475 e. The Hall–Kier alpha value is -1.39. The highest BCUT2D eigenvalue weighted by Crippen LogP contribution is 2.14. The molecule has 1 aliphatic heterocycles. The summed E-state index contributed by atoms with van der Waals surface area (Å²) < 4.78 is 0. The lowest BCUT2D eigenvalue weighted by atomic mass is 10.2. The Labute approximate surface area is 75.3 Å². The van der Waals surface area contributed by atoms with Gasteiger partial charge in [0, 0.05) is 13.1 Å². The van der Waals surface area contributed by atoms with E-state index in [-0.39, 0.29) is 0 Å². The van der Waals surface area contributed by atoms with Gasteiger partial charge in [-0.2, -0.15) is 0 Å². The molecule has 0 aliphatic carbocycles. The van der Waals surface area contributed by atoms with Crippen LogP contribution >= 0.6 is 0 Å². The van der Waals surface area contributed by atoms with Crippen LogP contribution in [-0.2, 0) is 14.4 Å². The van der Waals surface area contributed by atoms with E-state index in [0.29, 0.717) is 19.0 Å². The van der Waals surface area contributed by atoms with Crippen LogP contribution in [0, 0.1) is 5.92 Å². The number of carbonyl (C=O) groups is 3. The molecule has 1 heterocycles. The number of likely N-dealkylation sites (tertiary alicyclic amines) is 1. The number of aliphatic carboxylic acids is 1. The third-order valence-corrected chi connectivity index (χ3v) is 2.10. The van der Waals surface area contributed by atoms with Crippen LogP contribution in [-0.4, -0.2) is 40.8 Å². The maximum Gasteiger partial charge on any atom is 0.382 e. The molecule has 0 saturated carbocycles. The average molecular weight is 185 g/mol. The van der Waals surface area contributed by atoms with E-state index in [1.165, 1.54) is 4.90 Å². The molecule has 0 aromatic heterocycles. The highest BCUT2D eigenvalue weighted by molar-refractivity contribution is 6.61. The summed E-state index contributed by atoms with van der Waals surface area (Å²) in [6, 6.07) is 0. The number of carboxylic acids is 1. The molecule has 1 rings (SSSR count). The van der Waals surface area contributed by atoms with Crippen LogP contribution in [0.1, 0.15) is 13.3 Å². The fourth-order valence-corrected chi connectivity index (χ4v) is 1.35. The van der Waals surface area contributed by atoms with Gasteiger partial charge in [-0.05, 0) is 12.3 Å². The lowest BCUT2D eigenvalue weighted by Crippen LogP contribution is -2.38. The molecule has 1 N–H and O–H groups in total. The van der Waals surface area contributed by atoms with Gasteiger partial charge in [0.25, 0.3) is 0 Å². The molecule has 0 radical (unpaired) electrons. The minimum absolute atomic E-state index is 0.352. The number of ketones is 1. The van der Waals surface area contributed by atoms with Crippen LogP contribution in [0.2, 0.25) is 0 Å². The van der Waals surface area contributed by atoms with E-state index in [2.05, 4.69) is 0 Å². The monoisotopic (exact) mass is 185 g/mol. The Kier molecular flexibility index (Phi) is 2.65. The molecular weight excluding hydrogens is 174 g/mol. The summed E-state index contributed by atoms with van der Waals surface area (Å²) in [5.74, 6) is -3.55. The van der Waals surface area contributed by atoms with Crippen LogP contribution < -0.4 is 0 Å². The molecule has 13 heavy (non-hydrogen) atoms. The molecule has 5 nitrogen and oxygen atoms in total. The maximum absolute atomic E-state index is 11.1. The van der Waals surface area contributed by atoms with Crippen molar-refractivity contribution in [3.05, 3.63) is 0 Å². The molecule has 1 saturated heterocycles. The van der Waals surface area contributed by atoms with Gasteiger partial charge in [-0.3, -0.25) is 9.59 Å². The molecule has 1 unspecified atom stereocenters. The van der Waals surface area contributed by atoms with Gasteiger partial charge in [-0.15, -0.1) is 0 Å². The Morgan fingerprint density at radius 3 is 2.38 bits per heavy atom. The first kappa shape index (κ1) is 9.70. The molecule has 1 atom stereocenters. The molecule has 1 aliphatic rings. The number of carbonyl (C=O) groups excluding carboxylic acids is 2. The topological polar surface area (TPSA) is 74.7 Å². The second kappa shape index (κ2) is 3.55. The van der Waals surface area contributed by atoms with Gasteiger partial charge >= 0.3 is 17.7 Å². The van der Waals surface area contributed by atoms with E-state index in [4.69, 9.17) is 5.11 Å². The van der Waals surface area contributed by atoms with Crippen molar-refractivity contribution in [2.45, 2.75) is 13.3 Å². The van der Waals surface area contributed by atoms with Gasteiger partial charge in [0.05, 0.1) is 0 Å². The number of hydrogen-bond donors (Lipinski definition) is 1. The summed E-state index contributed by atoms with van der Waals surface area (Å²) in [5.41, 5.74) is 0. The number of Topliss-reactive ketones (excluding diaryl/α,β-unsaturated/α-hetero) is 1. The van der Waals surface area contributed by atoms with Crippen molar-refractivity contribution in [2.24, 2.45) is 5.92 Å². The van der Waals surface area contributed by atoms with E-state index in [1.54, 1.807) is 0 Å². The standard InChI is InChI=1S/C8H11NO4/c1-5-2-3-9(4-5)7(11)6(10)8(12)13/h5H,2-4H2,1H3,(H,12,13). The second-order valence-electron chi connectivity index (χ2n) is 3.28. The summed E-state index contributed by atoms with van der Waals surface area (Å²) in [7, 11) is 0. The third-order valence-electron chi connectivity index (χ3n) is 2.10. The van der Waals surface area contributed by atoms with E-state index in [0.717, 1.165) is 6.42 Å². The first-order valence-electron chi connectivity index (χ1n) is 4.09. The molecule has 0 spiro atoms. The number of carboxylic acid groups (broad SMARTS) is 1. The first-order chi connectivity index (χ1) is 6.02. The van der Waals surface area contributed by atoms with E-state index < -0.39 is 17.7 Å². The van der Waals surface area contributed by atoms with Gasteiger partial charge in [0.2, 0.25) is 0 Å². The van der Waals surface area contributed by atoms with Gasteiger partial charge < -0.3 is 10.0 Å². The fourth-order valence-electron chi connectivity index (χ4n) is 1.35. The van der Waals surface area contributed by atoms with Crippen molar-refractivity contribution in [1.82, 2.24) is 4.90 Å². The lowest BCUT2D eigenvalue weighted by Gasteiger charge is -2.12. The molecule has 5 heteroatoms. The number of rotatable bonds is 2. The largest absolute Gasteiger partial charge is 0.475 e. The molecule has 0 aromatic rings. The van der Waals surface area contributed by atoms with E-state index in [1.807, 2.05) is 6.92 Å². The van der Waals surface area contributed by atoms with Crippen molar-refractivity contribution in [1.29, 1.82) is 0 Å². The van der Waals surface area contributed by atoms with Crippen molar-refractivity contribution in [3.8, 4) is 0 Å². The Morgan fingerprint density at radius 1 is 1.38 bits per heavy atom. The molecule has 0 aromatic carbocycles. The summed E-state index contributed by atoms with van der Waals surface area (Å²) in [6.07, 6.45) is 0.832. The van der Waals surface area contributed by atoms with Crippen LogP contribution in [0.5, 0.6) is 0 Å². The number of hydrogen-bond acceptors (Lipinski definition) is 3. The fraction of sp³-hybridized carbons (Fsp3) is 0.625. The highest BCUT2D eigenvalue weighted by atomic mass is 16.4. The van der Waals surface area contributed by atoms with Crippen LogP contribution in [0.3, 0.4) is 0 Å². The predicted molar refractivity (Wildman–Crippen MR) is 43.0 cm³/mol. The van der Waals surface area contributed by atoms with E-state index >= 15 is 0 Å². The Balaban J connectivity index is 2.58. The molecule has 1 fully saturated rings. The number of amides is 1. The highest BCUT2D eigenvalue weighted by Gasteiger charge is 2.31. The predicted octanol–water partition coefficient (Wildman–Crippen LogP) is -0.492. The third kappa shape index (κ3) is 2.05. The smallest absolute Gasteiger partial charge is 0.382 e. The molecule has 0 bridgehead atoms. The molecule has 72 valence electrons. The Bertz CT molecular complexity index is 261. The van der Waals surface area contributed by atoms with Crippen molar-refractivity contribution < 1.29 is 19.5 Å². The summed E-state index contributed by atoms with van der Waals surface area (Å²) in [4.78, 5) is 33.3. The van der Waals surface area contributed by atoms with Gasteiger partial charge in [-0.25, -0.2) is 4.79 Å². The quantitative estimate of drug-likeness (QED) is 0.465. The minimum atomic E-state index is -1.68. The summed E-state index contributed by atoms with van der Waals surface area (Å²) in [5, 5.41) is 8.28. The molecule has 1 amide bonds. The summed E-state index contributed by atoms with van der Waals surface area (Å²) in [6.45, 7) is 2.93. The number of nitrogens with zero attached hydrogens (tertiary/aromatic N) is 1. The normalized spacial score (nSPS) is 21.6.